The molecule has 0 radical (unpaired) electrons. The van der Waals surface area contributed by atoms with Crippen molar-refractivity contribution in [2.45, 2.75) is 19.1 Å². The van der Waals surface area contributed by atoms with Crippen LogP contribution in [0.25, 0.3) is 0 Å². The summed E-state index contributed by atoms with van der Waals surface area (Å²) in [6.07, 6.45) is -0.886. The molecule has 132 valence electrons. The molecule has 1 saturated heterocycles. The van der Waals surface area contributed by atoms with Gasteiger partial charge in [-0.2, -0.15) is 0 Å². The molecule has 2 atom stereocenters. The van der Waals surface area contributed by atoms with Crippen LogP contribution in [0.15, 0.2) is 36.4 Å². The Kier molecular flexibility index (Phi) is 4.76. The molecule has 0 aliphatic carbocycles. The van der Waals surface area contributed by atoms with E-state index in [1.54, 1.807) is 19.1 Å². The fraction of sp³-hybridized carbons (Fsp3) is 0.278. The molecule has 0 aromatic heterocycles. The number of rotatable bonds is 2. The smallest absolute Gasteiger partial charge is 0.257 e. The maximum absolute atomic E-state index is 13.9. The van der Waals surface area contributed by atoms with Crippen LogP contribution in [0.5, 0.6) is 0 Å². The zero-order chi connectivity index (χ0) is 18.1. The number of nitrogens with zero attached hydrogens (tertiary/aromatic N) is 1. The molecule has 2 aromatic carbocycles. The summed E-state index contributed by atoms with van der Waals surface area (Å²) in [5.41, 5.74) is 0.127. The van der Waals surface area contributed by atoms with E-state index >= 15 is 0 Å². The molecule has 3 rings (SSSR count). The van der Waals surface area contributed by atoms with Crippen LogP contribution in [-0.4, -0.2) is 30.0 Å². The van der Waals surface area contributed by atoms with Crippen molar-refractivity contribution in [1.29, 1.82) is 0 Å². The highest BCUT2D eigenvalue weighted by Gasteiger charge is 2.32. The first-order valence-electron chi connectivity index (χ1n) is 7.70. The molecule has 7 heteroatoms. The van der Waals surface area contributed by atoms with Gasteiger partial charge in [0.1, 0.15) is 11.9 Å². The number of morpholine rings is 1. The van der Waals surface area contributed by atoms with E-state index in [9.17, 15) is 22.4 Å². The number of amides is 1. The van der Waals surface area contributed by atoms with Crippen LogP contribution < -0.4 is 0 Å². The Morgan fingerprint density at radius 3 is 2.36 bits per heavy atom. The lowest BCUT2D eigenvalue weighted by Gasteiger charge is -2.37. The zero-order valence-electron chi connectivity index (χ0n) is 13.3. The second kappa shape index (κ2) is 6.84. The van der Waals surface area contributed by atoms with Gasteiger partial charge in [0, 0.05) is 6.54 Å². The molecule has 1 aliphatic heterocycles. The fourth-order valence-corrected chi connectivity index (χ4v) is 2.84. The first-order chi connectivity index (χ1) is 11.9. The second-order valence-electron chi connectivity index (χ2n) is 5.92. The van der Waals surface area contributed by atoms with Crippen LogP contribution in [0, 0.1) is 23.3 Å². The Morgan fingerprint density at radius 1 is 1.00 bits per heavy atom. The summed E-state index contributed by atoms with van der Waals surface area (Å²) in [6.45, 7) is 2.00. The van der Waals surface area contributed by atoms with Gasteiger partial charge in [-0.3, -0.25) is 4.79 Å². The third-order valence-electron chi connectivity index (χ3n) is 4.05. The highest BCUT2D eigenvalue weighted by molar-refractivity contribution is 5.94. The van der Waals surface area contributed by atoms with Crippen LogP contribution in [0.1, 0.15) is 28.9 Å². The first kappa shape index (κ1) is 17.4. The monoisotopic (exact) mass is 353 g/mol. The Bertz CT molecular complexity index is 794. The highest BCUT2D eigenvalue weighted by Crippen LogP contribution is 2.27. The van der Waals surface area contributed by atoms with Crippen molar-refractivity contribution in [3.8, 4) is 0 Å². The zero-order valence-corrected chi connectivity index (χ0v) is 13.3. The Balaban J connectivity index is 1.85. The summed E-state index contributed by atoms with van der Waals surface area (Å²) in [6, 6.07) is 7.27. The minimum absolute atomic E-state index is 0.0905. The first-order valence-corrected chi connectivity index (χ1v) is 7.70. The van der Waals surface area contributed by atoms with Crippen molar-refractivity contribution >= 4 is 5.91 Å². The summed E-state index contributed by atoms with van der Waals surface area (Å²) < 4.78 is 59.2. The van der Waals surface area contributed by atoms with E-state index < -0.39 is 40.8 Å². The largest absolute Gasteiger partial charge is 0.367 e. The van der Waals surface area contributed by atoms with Crippen LogP contribution in [0.4, 0.5) is 17.6 Å². The summed E-state index contributed by atoms with van der Waals surface area (Å²) in [5, 5.41) is 0. The molecule has 2 unspecified atom stereocenters. The summed E-state index contributed by atoms with van der Waals surface area (Å²) in [4.78, 5) is 13.9. The lowest BCUT2D eigenvalue weighted by molar-refractivity contribution is -0.0693. The minimum Gasteiger partial charge on any atom is -0.367 e. The molecule has 0 saturated carbocycles. The number of benzene rings is 2. The maximum atomic E-state index is 13.9. The van der Waals surface area contributed by atoms with Crippen molar-refractivity contribution in [2.24, 2.45) is 0 Å². The molecule has 2 aromatic rings. The predicted octanol–water partition coefficient (Wildman–Crippen LogP) is 3.85. The van der Waals surface area contributed by atoms with E-state index in [4.69, 9.17) is 4.74 Å². The van der Waals surface area contributed by atoms with Gasteiger partial charge in [0.15, 0.2) is 17.5 Å². The van der Waals surface area contributed by atoms with Gasteiger partial charge in [0.25, 0.3) is 5.91 Å². The summed E-state index contributed by atoms with van der Waals surface area (Å²) >= 11 is 0. The van der Waals surface area contributed by atoms with Crippen molar-refractivity contribution < 1.29 is 27.1 Å². The molecular weight excluding hydrogens is 338 g/mol. The number of carbonyl (C=O) groups excluding carboxylic acids is 1. The maximum Gasteiger partial charge on any atom is 0.257 e. The molecule has 1 amide bonds. The molecule has 0 bridgehead atoms. The van der Waals surface area contributed by atoms with Gasteiger partial charge in [0.2, 0.25) is 0 Å². The lowest BCUT2D eigenvalue weighted by atomic mass is 10.1. The van der Waals surface area contributed by atoms with Gasteiger partial charge in [0.05, 0.1) is 18.2 Å². The third kappa shape index (κ3) is 3.51. The Morgan fingerprint density at radius 2 is 1.68 bits per heavy atom. The normalized spacial score (nSPS) is 20.6. The second-order valence-corrected chi connectivity index (χ2v) is 5.92. The third-order valence-corrected chi connectivity index (χ3v) is 4.05. The summed E-state index contributed by atoms with van der Waals surface area (Å²) in [7, 11) is 0. The molecule has 1 fully saturated rings. The standard InChI is InChI=1S/C18H15F4NO2/c1-10-8-23(9-15(25-10)11-2-4-12(19)5-3-11)18(24)13-6-7-14(20)17(22)16(13)21/h2-7,10,15H,8-9H2,1H3. The van der Waals surface area contributed by atoms with Gasteiger partial charge in [-0.15, -0.1) is 0 Å². The highest BCUT2D eigenvalue weighted by atomic mass is 19.2. The topological polar surface area (TPSA) is 29.5 Å². The number of ether oxygens (including phenoxy) is 1. The molecule has 0 spiro atoms. The van der Waals surface area contributed by atoms with Crippen LogP contribution in [0.2, 0.25) is 0 Å². The van der Waals surface area contributed by atoms with Crippen molar-refractivity contribution in [2.75, 3.05) is 13.1 Å². The average molecular weight is 353 g/mol. The molecule has 3 nitrogen and oxygen atoms in total. The van der Waals surface area contributed by atoms with Gasteiger partial charge in [-0.1, -0.05) is 12.1 Å². The quantitative estimate of drug-likeness (QED) is 0.606. The molecular formula is C18H15F4NO2. The van der Waals surface area contributed by atoms with Crippen LogP contribution in [0.3, 0.4) is 0 Å². The van der Waals surface area contributed by atoms with Crippen LogP contribution in [-0.2, 0) is 4.74 Å². The lowest BCUT2D eigenvalue weighted by Crippen LogP contribution is -2.46. The van der Waals surface area contributed by atoms with E-state index in [0.29, 0.717) is 11.6 Å². The van der Waals surface area contributed by atoms with E-state index in [2.05, 4.69) is 0 Å². The minimum atomic E-state index is -1.68. The molecule has 0 N–H and O–H groups in total. The van der Waals surface area contributed by atoms with E-state index in [1.807, 2.05) is 0 Å². The molecule has 1 aliphatic rings. The Labute approximate surface area is 141 Å². The van der Waals surface area contributed by atoms with E-state index in [-0.39, 0.29) is 19.2 Å². The van der Waals surface area contributed by atoms with E-state index in [0.717, 1.165) is 6.07 Å². The predicted molar refractivity (Wildman–Crippen MR) is 81.9 cm³/mol. The Hall–Kier alpha value is -2.41. The van der Waals surface area contributed by atoms with Gasteiger partial charge < -0.3 is 9.64 Å². The number of carbonyl (C=O) groups is 1. The molecule has 25 heavy (non-hydrogen) atoms. The van der Waals surface area contributed by atoms with Gasteiger partial charge in [-0.25, -0.2) is 17.6 Å². The average Bonchev–Trinajstić information content (AvgIpc) is 2.59. The van der Waals surface area contributed by atoms with E-state index in [1.165, 1.54) is 17.0 Å². The van der Waals surface area contributed by atoms with Gasteiger partial charge >= 0.3 is 0 Å². The van der Waals surface area contributed by atoms with Crippen LogP contribution >= 0.6 is 0 Å². The summed E-state index contributed by atoms with van der Waals surface area (Å²) in [5.74, 6) is -5.69. The van der Waals surface area contributed by atoms with Crippen molar-refractivity contribution in [1.82, 2.24) is 4.90 Å². The number of hydrogen-bond donors (Lipinski definition) is 0. The number of halogens is 4. The fourth-order valence-electron chi connectivity index (χ4n) is 2.84. The SMILES string of the molecule is CC1CN(C(=O)c2ccc(F)c(F)c2F)CC(c2ccc(F)cc2)O1. The van der Waals surface area contributed by atoms with Crippen molar-refractivity contribution in [3.05, 3.63) is 70.8 Å². The van der Waals surface area contributed by atoms with Crippen molar-refractivity contribution in [3.63, 3.8) is 0 Å². The van der Waals surface area contributed by atoms with Gasteiger partial charge in [-0.05, 0) is 36.8 Å². The molecule has 1 heterocycles. The number of hydrogen-bond acceptors (Lipinski definition) is 2.